The van der Waals surface area contributed by atoms with Crippen LogP contribution in [0.1, 0.15) is 31.0 Å². The van der Waals surface area contributed by atoms with Gasteiger partial charge in [-0.1, -0.05) is 6.07 Å². The Labute approximate surface area is 206 Å². The number of amides is 1. The van der Waals surface area contributed by atoms with Gasteiger partial charge in [-0.2, -0.15) is 4.39 Å². The van der Waals surface area contributed by atoms with Crippen LogP contribution in [-0.2, 0) is 28.9 Å². The molecule has 0 spiro atoms. The van der Waals surface area contributed by atoms with Crippen molar-refractivity contribution in [1.82, 2.24) is 15.3 Å². The van der Waals surface area contributed by atoms with Crippen molar-refractivity contribution < 1.29 is 31.9 Å². The molecule has 3 rings (SSSR count). The Morgan fingerprint density at radius 1 is 1.17 bits per heavy atom. The maximum absolute atomic E-state index is 13.2. The number of aromatic nitrogens is 2. The average Bonchev–Trinajstić information content (AvgIpc) is 3.18. The van der Waals surface area contributed by atoms with Crippen LogP contribution < -0.4 is 5.32 Å². The lowest BCUT2D eigenvalue weighted by atomic mass is 10.1. The molecule has 1 aromatic carbocycles. The predicted octanol–water partition coefficient (Wildman–Crippen LogP) is 3.06. The highest BCUT2D eigenvalue weighted by atomic mass is 32.2. The molecule has 12 heteroatoms. The van der Waals surface area contributed by atoms with Crippen molar-refractivity contribution in [3.8, 4) is 11.1 Å². The first kappa shape index (κ1) is 26.6. The number of pyridine rings is 1. The van der Waals surface area contributed by atoms with Gasteiger partial charge in [0.15, 0.2) is 15.1 Å². The molecule has 2 heterocycles. The Kier molecular flexibility index (Phi) is 8.18. The number of sulfone groups is 1. The van der Waals surface area contributed by atoms with E-state index in [9.17, 15) is 22.4 Å². The molecule has 1 atom stereocenters. The van der Waals surface area contributed by atoms with Crippen LogP contribution in [0.4, 0.5) is 4.39 Å². The lowest BCUT2D eigenvalue weighted by molar-refractivity contribution is -0.154. The summed E-state index contributed by atoms with van der Waals surface area (Å²) in [5.74, 6) is -2.58. The van der Waals surface area contributed by atoms with Crippen LogP contribution in [-0.4, -0.2) is 61.9 Å². The van der Waals surface area contributed by atoms with Gasteiger partial charge in [-0.3, -0.25) is 9.59 Å². The number of halogens is 1. The summed E-state index contributed by atoms with van der Waals surface area (Å²) < 4.78 is 50.0. The zero-order valence-electron chi connectivity index (χ0n) is 19.7. The zero-order chi connectivity index (χ0) is 25.8. The zero-order valence-corrected chi connectivity index (χ0v) is 21.3. The Bertz CT molecular complexity index is 1320. The van der Waals surface area contributed by atoms with Gasteiger partial charge in [0.1, 0.15) is 17.2 Å². The molecule has 1 unspecified atom stereocenters. The van der Waals surface area contributed by atoms with E-state index in [1.807, 2.05) is 0 Å². The summed E-state index contributed by atoms with van der Waals surface area (Å²) in [4.78, 5) is 33.1. The number of fused-ring (bicyclic) bond motifs is 1. The summed E-state index contributed by atoms with van der Waals surface area (Å²) in [6.07, 6.45) is 1.39. The second-order valence-corrected chi connectivity index (χ2v) is 11.9. The summed E-state index contributed by atoms with van der Waals surface area (Å²) in [7, 11) is -2.67. The van der Waals surface area contributed by atoms with Crippen molar-refractivity contribution in [2.75, 3.05) is 26.0 Å². The van der Waals surface area contributed by atoms with Crippen LogP contribution in [0.15, 0.2) is 36.5 Å². The number of hydrogen-bond donors (Lipinski definition) is 1. The lowest BCUT2D eigenvalue weighted by Crippen LogP contribution is -2.40. The quantitative estimate of drug-likeness (QED) is 0.335. The molecular weight excluding hydrogens is 497 g/mol. The molecule has 35 heavy (non-hydrogen) atoms. The molecule has 2 aromatic heterocycles. The van der Waals surface area contributed by atoms with Gasteiger partial charge < -0.3 is 14.8 Å². The summed E-state index contributed by atoms with van der Waals surface area (Å²) in [5.41, 5.74) is 1.14. The fraction of sp³-hybridized carbons (Fsp3) is 0.391. The molecule has 9 nitrogen and oxygen atoms in total. The van der Waals surface area contributed by atoms with Gasteiger partial charge in [0.05, 0.1) is 22.6 Å². The van der Waals surface area contributed by atoms with E-state index in [1.54, 1.807) is 45.0 Å². The Morgan fingerprint density at radius 3 is 2.51 bits per heavy atom. The second kappa shape index (κ2) is 10.8. The highest BCUT2D eigenvalue weighted by Crippen LogP contribution is 2.34. The van der Waals surface area contributed by atoms with Crippen LogP contribution in [0.5, 0.6) is 0 Å². The maximum Gasteiger partial charge on any atom is 0.325 e. The second-order valence-electron chi connectivity index (χ2n) is 8.65. The van der Waals surface area contributed by atoms with Gasteiger partial charge >= 0.3 is 5.97 Å². The number of ether oxygens (including phenoxy) is 2. The van der Waals surface area contributed by atoms with E-state index < -0.39 is 50.8 Å². The van der Waals surface area contributed by atoms with Gasteiger partial charge in [0.2, 0.25) is 11.9 Å². The summed E-state index contributed by atoms with van der Waals surface area (Å²) in [6, 6.07) is 8.02. The Morgan fingerprint density at radius 2 is 1.89 bits per heavy atom. The first-order valence-electron chi connectivity index (χ1n) is 10.6. The number of thiazole rings is 1. The van der Waals surface area contributed by atoms with Crippen LogP contribution in [0, 0.1) is 5.95 Å². The number of rotatable bonds is 9. The minimum Gasteiger partial charge on any atom is -0.459 e. The fourth-order valence-corrected chi connectivity index (χ4v) is 6.13. The maximum atomic E-state index is 13.2. The SMILES string of the molecule is COCCS(=O)(=O)C(C(=O)NCC(=O)OC(C)(C)C)c1nc2ccc(-c3ccc(F)nc3)cc2s1. The van der Waals surface area contributed by atoms with Crippen molar-refractivity contribution in [3.05, 3.63) is 47.5 Å². The summed E-state index contributed by atoms with van der Waals surface area (Å²) in [6.45, 7) is 4.45. The number of carbonyl (C=O) groups excluding carboxylic acids is 2. The molecule has 1 amide bonds. The lowest BCUT2D eigenvalue weighted by Gasteiger charge is -2.20. The number of hydrogen-bond acceptors (Lipinski definition) is 9. The van der Waals surface area contributed by atoms with E-state index in [1.165, 1.54) is 19.4 Å². The molecule has 1 N–H and O–H groups in total. The molecule has 0 radical (unpaired) electrons. The third kappa shape index (κ3) is 7.03. The molecule has 0 aliphatic heterocycles. The van der Waals surface area contributed by atoms with Gasteiger partial charge in [0, 0.05) is 18.9 Å². The number of benzene rings is 1. The number of methoxy groups -OCH3 is 1. The normalized spacial score (nSPS) is 12.9. The third-order valence-corrected chi connectivity index (χ3v) is 7.81. The Balaban J connectivity index is 1.93. The van der Waals surface area contributed by atoms with E-state index in [-0.39, 0.29) is 11.6 Å². The van der Waals surface area contributed by atoms with Crippen molar-refractivity contribution in [1.29, 1.82) is 0 Å². The van der Waals surface area contributed by atoms with Crippen molar-refractivity contribution in [2.45, 2.75) is 31.6 Å². The number of nitrogens with one attached hydrogen (secondary N) is 1. The molecule has 3 aromatic rings. The van der Waals surface area contributed by atoms with E-state index >= 15 is 0 Å². The molecule has 0 fully saturated rings. The minimum atomic E-state index is -4.03. The summed E-state index contributed by atoms with van der Waals surface area (Å²) in [5, 5.41) is 0.794. The smallest absolute Gasteiger partial charge is 0.325 e. The molecule has 0 aliphatic carbocycles. The van der Waals surface area contributed by atoms with Gasteiger partial charge in [0.25, 0.3) is 0 Å². The summed E-state index contributed by atoms with van der Waals surface area (Å²) >= 11 is 1.05. The molecule has 0 aliphatic rings. The fourth-order valence-electron chi connectivity index (χ4n) is 3.16. The molecule has 0 saturated carbocycles. The van der Waals surface area contributed by atoms with Crippen molar-refractivity contribution in [3.63, 3.8) is 0 Å². The van der Waals surface area contributed by atoms with Gasteiger partial charge in [-0.15, -0.1) is 11.3 Å². The van der Waals surface area contributed by atoms with Crippen LogP contribution >= 0.6 is 11.3 Å². The number of esters is 1. The first-order chi connectivity index (χ1) is 16.4. The van der Waals surface area contributed by atoms with Crippen LogP contribution in [0.3, 0.4) is 0 Å². The highest BCUT2D eigenvalue weighted by Gasteiger charge is 2.37. The van der Waals surface area contributed by atoms with Crippen LogP contribution in [0.25, 0.3) is 21.3 Å². The number of nitrogens with zero attached hydrogens (tertiary/aromatic N) is 2. The molecule has 188 valence electrons. The van der Waals surface area contributed by atoms with E-state index in [0.717, 1.165) is 16.9 Å². The van der Waals surface area contributed by atoms with E-state index in [2.05, 4.69) is 15.3 Å². The minimum absolute atomic E-state index is 0.0622. The largest absolute Gasteiger partial charge is 0.459 e. The standard InChI is InChI=1S/C23H26FN3O6S2/c1-23(2,3)33-19(28)13-26-21(29)20(35(30,31)10-9-32-4)22-27-16-7-5-14(11-17(16)34-22)15-6-8-18(24)25-12-15/h5-8,11-12,20H,9-10,13H2,1-4H3,(H,26,29). The number of carbonyl (C=O) groups is 2. The highest BCUT2D eigenvalue weighted by molar-refractivity contribution is 7.92. The van der Waals surface area contributed by atoms with Crippen molar-refractivity contribution in [2.24, 2.45) is 0 Å². The van der Waals surface area contributed by atoms with Gasteiger partial charge in [-0.05, 0) is 50.6 Å². The monoisotopic (exact) mass is 523 g/mol. The molecular formula is C23H26FN3O6S2. The Hall–Kier alpha value is -2.96. The topological polar surface area (TPSA) is 125 Å². The first-order valence-corrected chi connectivity index (χ1v) is 13.2. The average molecular weight is 524 g/mol. The predicted molar refractivity (Wildman–Crippen MR) is 130 cm³/mol. The molecule has 0 bridgehead atoms. The van der Waals surface area contributed by atoms with E-state index in [4.69, 9.17) is 9.47 Å². The van der Waals surface area contributed by atoms with E-state index in [0.29, 0.717) is 15.8 Å². The molecule has 0 saturated heterocycles. The van der Waals surface area contributed by atoms with Gasteiger partial charge in [-0.25, -0.2) is 18.4 Å². The van der Waals surface area contributed by atoms with Crippen molar-refractivity contribution >= 4 is 43.3 Å². The third-order valence-electron chi connectivity index (χ3n) is 4.69. The van der Waals surface area contributed by atoms with Crippen LogP contribution in [0.2, 0.25) is 0 Å².